The van der Waals surface area contributed by atoms with Gasteiger partial charge in [-0.25, -0.2) is 0 Å². The predicted molar refractivity (Wildman–Crippen MR) is 72.5 cm³/mol. The number of piperidine rings is 1. The summed E-state index contributed by atoms with van der Waals surface area (Å²) in [5, 5.41) is 0. The molecule has 0 unspecified atom stereocenters. The topological polar surface area (TPSA) is 20.3 Å². The van der Waals surface area contributed by atoms with Crippen LogP contribution in [0.1, 0.15) is 47.7 Å². The lowest BCUT2D eigenvalue weighted by Crippen LogP contribution is -2.32. The number of hydrogen-bond acceptors (Lipinski definition) is 2. The molecule has 1 saturated heterocycles. The molecule has 0 bridgehead atoms. The monoisotopic (exact) mass is 339 g/mol. The molecule has 23 heavy (non-hydrogen) atoms. The third-order valence-electron chi connectivity index (χ3n) is 3.80. The Morgan fingerprint density at radius 2 is 1.52 bits per heavy atom. The molecular weight excluding hydrogens is 324 g/mol. The van der Waals surface area contributed by atoms with Crippen LogP contribution >= 0.6 is 0 Å². The average molecular weight is 339 g/mol. The van der Waals surface area contributed by atoms with Crippen LogP contribution in [-0.4, -0.2) is 18.9 Å². The van der Waals surface area contributed by atoms with Crippen molar-refractivity contribution in [3.63, 3.8) is 0 Å². The van der Waals surface area contributed by atoms with Gasteiger partial charge in [0.2, 0.25) is 0 Å². The van der Waals surface area contributed by atoms with Crippen molar-refractivity contribution in [2.24, 2.45) is 0 Å². The van der Waals surface area contributed by atoms with Gasteiger partial charge in [-0.2, -0.15) is 26.3 Å². The first kappa shape index (κ1) is 17.6. The predicted octanol–water partition coefficient (Wildman–Crippen LogP) is 4.92. The van der Waals surface area contributed by atoms with Crippen LogP contribution in [0, 0.1) is 0 Å². The molecule has 2 nitrogen and oxygen atoms in total. The van der Waals surface area contributed by atoms with Crippen LogP contribution in [0.25, 0.3) is 0 Å². The van der Waals surface area contributed by atoms with E-state index < -0.39 is 34.8 Å². The standard InChI is InChI=1S/C15H15F6NO/c1-9(23)13-11(15(19,20)21)7-10(14(16,17)18)8-12(13)22-5-3-2-4-6-22/h7-8H,2-6H2,1H3. The lowest BCUT2D eigenvalue weighted by atomic mass is 9.96. The molecule has 0 saturated carbocycles. The zero-order valence-corrected chi connectivity index (χ0v) is 12.3. The molecule has 128 valence electrons. The Bertz CT molecular complexity index is 599. The van der Waals surface area contributed by atoms with Gasteiger partial charge in [-0.15, -0.1) is 0 Å². The van der Waals surface area contributed by atoms with Gasteiger partial charge in [-0.05, 0) is 38.3 Å². The molecule has 1 aliphatic rings. The number of nitrogens with zero attached hydrogens (tertiary/aromatic N) is 1. The lowest BCUT2D eigenvalue weighted by molar-refractivity contribution is -0.143. The maximum atomic E-state index is 13.2. The summed E-state index contributed by atoms with van der Waals surface area (Å²) in [6.07, 6.45) is -7.77. The largest absolute Gasteiger partial charge is 0.417 e. The second kappa shape index (κ2) is 6.05. The van der Waals surface area contributed by atoms with Gasteiger partial charge in [0, 0.05) is 18.8 Å². The maximum absolute atomic E-state index is 13.2. The lowest BCUT2D eigenvalue weighted by Gasteiger charge is -2.32. The number of alkyl halides is 6. The van der Waals surface area contributed by atoms with Crippen LogP contribution in [-0.2, 0) is 12.4 Å². The Morgan fingerprint density at radius 1 is 0.957 bits per heavy atom. The van der Waals surface area contributed by atoms with E-state index in [0.29, 0.717) is 32.0 Å². The second-order valence-corrected chi connectivity index (χ2v) is 5.52. The van der Waals surface area contributed by atoms with Crippen LogP contribution in [0.5, 0.6) is 0 Å². The fraction of sp³-hybridized carbons (Fsp3) is 0.533. The SMILES string of the molecule is CC(=O)c1c(N2CCCCC2)cc(C(F)(F)F)cc1C(F)(F)F. The minimum atomic E-state index is -5.03. The Labute approximate surface area is 129 Å². The highest BCUT2D eigenvalue weighted by molar-refractivity contribution is 6.01. The van der Waals surface area contributed by atoms with Gasteiger partial charge in [0.05, 0.1) is 16.7 Å². The summed E-state index contributed by atoms with van der Waals surface area (Å²) in [6.45, 7) is 1.60. The number of Topliss-reactive ketones (excluding diaryl/α,β-unsaturated/α-hetero) is 1. The molecule has 1 aromatic rings. The summed E-state index contributed by atoms with van der Waals surface area (Å²) in [4.78, 5) is 13.2. The number of anilines is 1. The van der Waals surface area contributed by atoms with E-state index in [0.717, 1.165) is 13.3 Å². The molecule has 0 spiro atoms. The van der Waals surface area contributed by atoms with Gasteiger partial charge in [-0.3, -0.25) is 4.79 Å². The Morgan fingerprint density at radius 3 is 1.96 bits per heavy atom. The van der Waals surface area contributed by atoms with Crippen molar-refractivity contribution in [1.82, 2.24) is 0 Å². The van der Waals surface area contributed by atoms with Crippen LogP contribution in [0.15, 0.2) is 12.1 Å². The van der Waals surface area contributed by atoms with Crippen molar-refractivity contribution in [3.05, 3.63) is 28.8 Å². The quantitative estimate of drug-likeness (QED) is 0.563. The summed E-state index contributed by atoms with van der Waals surface area (Å²) in [5.41, 5.74) is -3.89. The van der Waals surface area contributed by atoms with Crippen LogP contribution < -0.4 is 4.90 Å². The number of carbonyl (C=O) groups is 1. The van der Waals surface area contributed by atoms with Gasteiger partial charge in [0.25, 0.3) is 0 Å². The zero-order chi connectivity index (χ0) is 17.4. The van der Waals surface area contributed by atoms with Gasteiger partial charge in [0.15, 0.2) is 5.78 Å². The first-order valence-electron chi connectivity index (χ1n) is 7.10. The van der Waals surface area contributed by atoms with Crippen molar-refractivity contribution in [1.29, 1.82) is 0 Å². The highest BCUT2D eigenvalue weighted by Gasteiger charge is 2.41. The molecule has 1 fully saturated rings. The Kier molecular flexibility index (Phi) is 4.64. The fourth-order valence-corrected chi connectivity index (χ4v) is 2.77. The van der Waals surface area contributed by atoms with Crippen molar-refractivity contribution in [2.75, 3.05) is 18.0 Å². The summed E-state index contributed by atoms with van der Waals surface area (Å²) in [7, 11) is 0. The molecule has 0 aromatic heterocycles. The van der Waals surface area contributed by atoms with E-state index in [1.807, 2.05) is 0 Å². The van der Waals surface area contributed by atoms with Crippen molar-refractivity contribution >= 4 is 11.5 Å². The molecule has 1 aliphatic heterocycles. The molecule has 1 aromatic carbocycles. The van der Waals surface area contributed by atoms with E-state index in [9.17, 15) is 31.1 Å². The number of carbonyl (C=O) groups excluding carboxylic acids is 1. The summed E-state index contributed by atoms with van der Waals surface area (Å²) in [6, 6.07) is 0.668. The van der Waals surface area contributed by atoms with E-state index in [1.54, 1.807) is 0 Å². The Hall–Kier alpha value is -1.73. The molecular formula is C15H15F6NO. The number of benzene rings is 1. The molecule has 0 N–H and O–H groups in total. The van der Waals surface area contributed by atoms with Gasteiger partial charge in [0.1, 0.15) is 0 Å². The number of rotatable bonds is 2. The molecule has 2 rings (SSSR count). The van der Waals surface area contributed by atoms with E-state index >= 15 is 0 Å². The number of hydrogen-bond donors (Lipinski definition) is 0. The van der Waals surface area contributed by atoms with Gasteiger partial charge in [-0.1, -0.05) is 0 Å². The minimum absolute atomic E-state index is 0.0180. The van der Waals surface area contributed by atoms with Crippen LogP contribution in [0.4, 0.5) is 32.0 Å². The molecule has 8 heteroatoms. The maximum Gasteiger partial charge on any atom is 0.417 e. The van der Waals surface area contributed by atoms with Crippen molar-refractivity contribution < 1.29 is 31.1 Å². The van der Waals surface area contributed by atoms with E-state index in [4.69, 9.17) is 0 Å². The molecule has 0 amide bonds. The summed E-state index contributed by atoms with van der Waals surface area (Å²) < 4.78 is 78.5. The minimum Gasteiger partial charge on any atom is -0.371 e. The van der Waals surface area contributed by atoms with Gasteiger partial charge < -0.3 is 4.90 Å². The smallest absolute Gasteiger partial charge is 0.371 e. The second-order valence-electron chi connectivity index (χ2n) is 5.52. The van der Waals surface area contributed by atoms with E-state index in [-0.39, 0.29) is 11.8 Å². The molecule has 0 radical (unpaired) electrons. The Balaban J connectivity index is 2.72. The van der Waals surface area contributed by atoms with E-state index in [1.165, 1.54) is 4.90 Å². The zero-order valence-electron chi connectivity index (χ0n) is 12.3. The molecule has 1 heterocycles. The highest BCUT2D eigenvalue weighted by Crippen LogP contribution is 2.42. The summed E-state index contributed by atoms with van der Waals surface area (Å²) in [5.74, 6) is -0.897. The number of ketones is 1. The highest BCUT2D eigenvalue weighted by atomic mass is 19.4. The fourth-order valence-electron chi connectivity index (χ4n) is 2.77. The van der Waals surface area contributed by atoms with Gasteiger partial charge >= 0.3 is 12.4 Å². The normalized spacial score (nSPS) is 16.6. The van der Waals surface area contributed by atoms with Crippen molar-refractivity contribution in [2.45, 2.75) is 38.5 Å². The first-order chi connectivity index (χ1) is 10.5. The number of halogens is 6. The van der Waals surface area contributed by atoms with Crippen LogP contribution in [0.2, 0.25) is 0 Å². The van der Waals surface area contributed by atoms with Crippen molar-refractivity contribution in [3.8, 4) is 0 Å². The summed E-state index contributed by atoms with van der Waals surface area (Å²) >= 11 is 0. The molecule has 0 atom stereocenters. The average Bonchev–Trinajstić information content (AvgIpc) is 2.44. The van der Waals surface area contributed by atoms with E-state index in [2.05, 4.69) is 0 Å². The third-order valence-corrected chi connectivity index (χ3v) is 3.80. The first-order valence-corrected chi connectivity index (χ1v) is 7.10. The third kappa shape index (κ3) is 3.79. The van der Waals surface area contributed by atoms with Crippen LogP contribution in [0.3, 0.4) is 0 Å². The molecule has 0 aliphatic carbocycles.